The molecule has 8 heteroatoms. The number of anilines is 1. The van der Waals surface area contributed by atoms with Crippen molar-refractivity contribution in [3.8, 4) is 0 Å². The van der Waals surface area contributed by atoms with Crippen LogP contribution in [0.15, 0.2) is 29.9 Å². The molecule has 1 amide bonds. The molecule has 3 N–H and O–H groups in total. The van der Waals surface area contributed by atoms with Crippen molar-refractivity contribution in [1.82, 2.24) is 25.5 Å². The first-order valence-corrected chi connectivity index (χ1v) is 9.33. The minimum absolute atomic E-state index is 0.0785. The fourth-order valence-electron chi connectivity index (χ4n) is 2.51. The zero-order valence-electron chi connectivity index (χ0n) is 15.0. The Bertz CT molecular complexity index is 860. The van der Waals surface area contributed by atoms with Crippen LogP contribution in [0.4, 0.5) is 5.82 Å². The number of carbonyl (C=O) groups excluding carboxylic acids is 1. The first kappa shape index (κ1) is 18.1. The van der Waals surface area contributed by atoms with Gasteiger partial charge in [-0.3, -0.25) is 9.89 Å². The third-order valence-electron chi connectivity index (χ3n) is 4.17. The number of hydrogen-bond donors (Lipinski definition) is 3. The average molecular weight is 370 g/mol. The second-order valence-corrected chi connectivity index (χ2v) is 7.08. The minimum Gasteiger partial charge on any atom is -0.369 e. The van der Waals surface area contributed by atoms with Crippen molar-refractivity contribution in [2.75, 3.05) is 11.9 Å². The van der Waals surface area contributed by atoms with Crippen molar-refractivity contribution in [2.45, 2.75) is 33.2 Å². The average Bonchev–Trinajstić information content (AvgIpc) is 3.31. The number of aryl methyl sites for hydroxylation is 1. The molecule has 0 aromatic carbocycles. The van der Waals surface area contributed by atoms with Gasteiger partial charge in [-0.05, 0) is 44.2 Å². The third kappa shape index (κ3) is 4.26. The van der Waals surface area contributed by atoms with Crippen LogP contribution in [0, 0.1) is 13.8 Å². The Morgan fingerprint density at radius 3 is 2.88 bits per heavy atom. The van der Waals surface area contributed by atoms with Gasteiger partial charge >= 0.3 is 0 Å². The fourth-order valence-corrected chi connectivity index (χ4v) is 3.25. The molecule has 0 saturated carbocycles. The molecule has 0 bridgehead atoms. The molecule has 136 valence electrons. The summed E-state index contributed by atoms with van der Waals surface area (Å²) < 4.78 is 0. The van der Waals surface area contributed by atoms with E-state index in [-0.39, 0.29) is 17.8 Å². The molecule has 3 rings (SSSR count). The van der Waals surface area contributed by atoms with E-state index in [1.807, 2.05) is 44.5 Å². The predicted octanol–water partition coefficient (Wildman–Crippen LogP) is 3.02. The molecule has 0 spiro atoms. The maximum atomic E-state index is 12.6. The first-order chi connectivity index (χ1) is 12.5. The molecule has 3 aromatic rings. The lowest BCUT2D eigenvalue weighted by molar-refractivity contribution is 0.0929. The summed E-state index contributed by atoms with van der Waals surface area (Å²) in [7, 11) is 0. The van der Waals surface area contributed by atoms with Crippen LogP contribution in [-0.4, -0.2) is 32.6 Å². The maximum Gasteiger partial charge on any atom is 0.289 e. The highest BCUT2D eigenvalue weighted by atomic mass is 32.1. The zero-order valence-corrected chi connectivity index (χ0v) is 15.9. The number of carbonyl (C=O) groups is 1. The summed E-state index contributed by atoms with van der Waals surface area (Å²) in [5, 5.41) is 15.0. The molecular weight excluding hydrogens is 348 g/mol. The van der Waals surface area contributed by atoms with Crippen molar-refractivity contribution < 1.29 is 4.79 Å². The Morgan fingerprint density at radius 2 is 2.19 bits per heavy atom. The molecular formula is C18H22N6OS. The van der Waals surface area contributed by atoms with Gasteiger partial charge in [-0.25, -0.2) is 9.97 Å². The summed E-state index contributed by atoms with van der Waals surface area (Å²) in [6, 6.07) is 3.89. The van der Waals surface area contributed by atoms with Crippen LogP contribution < -0.4 is 10.6 Å². The Balaban J connectivity index is 1.69. The quantitative estimate of drug-likeness (QED) is 0.594. The van der Waals surface area contributed by atoms with Gasteiger partial charge in [0.25, 0.3) is 5.91 Å². The van der Waals surface area contributed by atoms with E-state index >= 15 is 0 Å². The van der Waals surface area contributed by atoms with Gasteiger partial charge in [0.1, 0.15) is 5.82 Å². The van der Waals surface area contributed by atoms with Gasteiger partial charge in [-0.2, -0.15) is 5.10 Å². The van der Waals surface area contributed by atoms with E-state index in [1.54, 1.807) is 17.5 Å². The monoisotopic (exact) mass is 370 g/mol. The number of aromatic amines is 1. The Labute approximate surface area is 156 Å². The van der Waals surface area contributed by atoms with Crippen LogP contribution >= 0.6 is 11.3 Å². The highest BCUT2D eigenvalue weighted by Gasteiger charge is 2.17. The van der Waals surface area contributed by atoms with Crippen LogP contribution in [0.5, 0.6) is 0 Å². The molecule has 0 fully saturated rings. The third-order valence-corrected chi connectivity index (χ3v) is 5.23. The molecule has 1 unspecified atom stereocenters. The highest BCUT2D eigenvalue weighted by molar-refractivity contribution is 7.10. The van der Waals surface area contributed by atoms with Crippen LogP contribution in [0.2, 0.25) is 0 Å². The van der Waals surface area contributed by atoms with Gasteiger partial charge in [0.2, 0.25) is 5.82 Å². The van der Waals surface area contributed by atoms with E-state index in [2.05, 4.69) is 30.8 Å². The van der Waals surface area contributed by atoms with Crippen LogP contribution in [0.25, 0.3) is 0 Å². The number of nitrogens with zero attached hydrogens (tertiary/aromatic N) is 3. The number of amides is 1. The molecule has 0 aliphatic rings. The minimum atomic E-state index is -0.271. The summed E-state index contributed by atoms with van der Waals surface area (Å²) in [5.74, 6) is 0.601. The van der Waals surface area contributed by atoms with Gasteiger partial charge in [-0.15, -0.1) is 11.3 Å². The lowest BCUT2D eigenvalue weighted by Crippen LogP contribution is -2.28. The summed E-state index contributed by atoms with van der Waals surface area (Å²) in [4.78, 5) is 22.4. The van der Waals surface area contributed by atoms with Crippen molar-refractivity contribution in [2.24, 2.45) is 0 Å². The Morgan fingerprint density at radius 1 is 1.35 bits per heavy atom. The molecule has 7 nitrogen and oxygen atoms in total. The number of thiophene rings is 1. The van der Waals surface area contributed by atoms with E-state index in [4.69, 9.17) is 0 Å². The van der Waals surface area contributed by atoms with E-state index in [0.29, 0.717) is 12.4 Å². The number of rotatable bonds is 7. The number of H-pyrrole nitrogens is 1. The van der Waals surface area contributed by atoms with Gasteiger partial charge in [-0.1, -0.05) is 6.07 Å². The van der Waals surface area contributed by atoms with Crippen molar-refractivity contribution in [3.63, 3.8) is 0 Å². The standard InChI is InChI=1S/C18H22N6OS/c1-11-12(2)22-17(18(25)23-13(3)15-5-4-8-26-15)24-16(11)19-7-6-14-9-20-21-10-14/h4-5,8-10,13H,6-7H2,1-3H3,(H,20,21)(H,23,25)(H,19,22,24). The van der Waals surface area contributed by atoms with Gasteiger partial charge in [0, 0.05) is 28.9 Å². The molecule has 3 aromatic heterocycles. The van der Waals surface area contributed by atoms with Gasteiger partial charge in [0.15, 0.2) is 0 Å². The zero-order chi connectivity index (χ0) is 18.5. The van der Waals surface area contributed by atoms with Crippen LogP contribution in [-0.2, 0) is 6.42 Å². The molecule has 0 aliphatic carbocycles. The summed E-state index contributed by atoms with van der Waals surface area (Å²) in [6.45, 7) is 6.49. The Kier molecular flexibility index (Phi) is 5.62. The van der Waals surface area contributed by atoms with Crippen molar-refractivity contribution >= 4 is 23.1 Å². The number of aromatic nitrogens is 4. The second-order valence-electron chi connectivity index (χ2n) is 6.10. The summed E-state index contributed by atoms with van der Waals surface area (Å²) in [6.07, 6.45) is 4.48. The van der Waals surface area contributed by atoms with Gasteiger partial charge in [0.05, 0.1) is 12.2 Å². The first-order valence-electron chi connectivity index (χ1n) is 8.45. The number of nitrogens with one attached hydrogen (secondary N) is 3. The molecule has 0 saturated heterocycles. The Hall–Kier alpha value is -2.74. The van der Waals surface area contributed by atoms with Crippen molar-refractivity contribution in [3.05, 3.63) is 57.4 Å². The lowest BCUT2D eigenvalue weighted by Gasteiger charge is -2.14. The second kappa shape index (κ2) is 8.09. The highest BCUT2D eigenvalue weighted by Crippen LogP contribution is 2.19. The molecule has 26 heavy (non-hydrogen) atoms. The normalized spacial score (nSPS) is 12.0. The largest absolute Gasteiger partial charge is 0.369 e. The van der Waals surface area contributed by atoms with Crippen LogP contribution in [0.3, 0.4) is 0 Å². The van der Waals surface area contributed by atoms with E-state index in [9.17, 15) is 4.79 Å². The molecule has 0 aliphatic heterocycles. The molecule has 0 radical (unpaired) electrons. The summed E-state index contributed by atoms with van der Waals surface area (Å²) >= 11 is 1.61. The molecule has 3 heterocycles. The van der Waals surface area contributed by atoms with Crippen LogP contribution in [0.1, 0.15) is 45.3 Å². The molecule has 1 atom stereocenters. The van der Waals surface area contributed by atoms with Gasteiger partial charge < -0.3 is 10.6 Å². The fraction of sp³-hybridized carbons (Fsp3) is 0.333. The van der Waals surface area contributed by atoms with E-state index in [1.165, 1.54) is 0 Å². The smallest absolute Gasteiger partial charge is 0.289 e. The van der Waals surface area contributed by atoms with E-state index in [0.717, 1.165) is 28.1 Å². The van der Waals surface area contributed by atoms with E-state index < -0.39 is 0 Å². The maximum absolute atomic E-state index is 12.6. The lowest BCUT2D eigenvalue weighted by atomic mass is 10.2. The SMILES string of the molecule is Cc1nc(C(=O)NC(C)c2cccs2)nc(NCCc2cn[nH]c2)c1C. The number of hydrogen-bond acceptors (Lipinski definition) is 6. The topological polar surface area (TPSA) is 95.6 Å². The summed E-state index contributed by atoms with van der Waals surface area (Å²) in [5.41, 5.74) is 2.85. The predicted molar refractivity (Wildman–Crippen MR) is 102 cm³/mol. The van der Waals surface area contributed by atoms with Crippen molar-refractivity contribution in [1.29, 1.82) is 0 Å².